The van der Waals surface area contributed by atoms with Crippen molar-refractivity contribution < 1.29 is 14.4 Å². The van der Waals surface area contributed by atoms with Crippen LogP contribution in [0, 0.1) is 6.92 Å². The summed E-state index contributed by atoms with van der Waals surface area (Å²) in [4.78, 5) is 17.6. The standard InChI is InChI=1S/C23H27N3O2/c1-17-6-8-18(9-7-17)22(16-26-10-12-28-13-11-26)25-23(27)14-19-15-24-21-5-3-2-4-20(19)21/h2-9,15,22,24H,10-14,16H2,1H3,(H,25,27)/p+1/t22-/m1/s1. The number of hydrogen-bond acceptors (Lipinski definition) is 2. The number of aromatic amines is 1. The average molecular weight is 378 g/mol. The molecule has 146 valence electrons. The molecule has 4 rings (SSSR count). The molecule has 0 bridgehead atoms. The minimum atomic E-state index is 0.00593. The van der Waals surface area contributed by atoms with Gasteiger partial charge in [0.15, 0.2) is 0 Å². The molecule has 1 saturated heterocycles. The fourth-order valence-electron chi connectivity index (χ4n) is 3.90. The van der Waals surface area contributed by atoms with Crippen molar-refractivity contribution in [3.8, 4) is 0 Å². The van der Waals surface area contributed by atoms with E-state index in [2.05, 4.69) is 47.6 Å². The molecular formula is C23H28N3O2+. The molecule has 1 atom stereocenters. The summed E-state index contributed by atoms with van der Waals surface area (Å²) in [5.41, 5.74) is 4.50. The molecule has 0 radical (unpaired) electrons. The molecule has 3 aromatic rings. The van der Waals surface area contributed by atoms with Gasteiger partial charge in [-0.3, -0.25) is 4.79 Å². The highest BCUT2D eigenvalue weighted by Gasteiger charge is 2.23. The largest absolute Gasteiger partial charge is 0.370 e. The summed E-state index contributed by atoms with van der Waals surface area (Å²) < 4.78 is 5.48. The maximum atomic E-state index is 12.9. The average Bonchev–Trinajstić information content (AvgIpc) is 3.12. The summed E-state index contributed by atoms with van der Waals surface area (Å²) in [5.74, 6) is 0.0583. The monoisotopic (exact) mass is 378 g/mol. The Morgan fingerprint density at radius 2 is 1.89 bits per heavy atom. The Morgan fingerprint density at radius 3 is 2.68 bits per heavy atom. The summed E-state index contributed by atoms with van der Waals surface area (Å²) in [5, 5.41) is 4.40. The van der Waals surface area contributed by atoms with Gasteiger partial charge in [-0.1, -0.05) is 48.0 Å². The molecule has 2 aromatic carbocycles. The van der Waals surface area contributed by atoms with Gasteiger partial charge in [0.05, 0.1) is 19.6 Å². The van der Waals surface area contributed by atoms with E-state index in [1.54, 1.807) is 0 Å². The SMILES string of the molecule is Cc1ccc([C@@H](C[NH+]2CCOCC2)NC(=O)Cc2c[nH]c3ccccc23)cc1. The maximum Gasteiger partial charge on any atom is 0.225 e. The number of aromatic nitrogens is 1. The van der Waals surface area contributed by atoms with Crippen molar-refractivity contribution in [2.75, 3.05) is 32.8 Å². The first-order chi connectivity index (χ1) is 13.7. The van der Waals surface area contributed by atoms with Crippen molar-refractivity contribution in [2.24, 2.45) is 0 Å². The zero-order chi connectivity index (χ0) is 19.3. The first-order valence-corrected chi connectivity index (χ1v) is 10.0. The van der Waals surface area contributed by atoms with Crippen molar-refractivity contribution in [1.82, 2.24) is 10.3 Å². The molecule has 1 fully saturated rings. The van der Waals surface area contributed by atoms with Crippen LogP contribution in [0.5, 0.6) is 0 Å². The maximum absolute atomic E-state index is 12.9. The van der Waals surface area contributed by atoms with Gasteiger partial charge < -0.3 is 19.9 Å². The fourth-order valence-corrected chi connectivity index (χ4v) is 3.90. The van der Waals surface area contributed by atoms with Crippen LogP contribution in [-0.4, -0.2) is 43.7 Å². The van der Waals surface area contributed by atoms with Crippen molar-refractivity contribution in [3.63, 3.8) is 0 Å². The zero-order valence-corrected chi connectivity index (χ0v) is 16.3. The molecule has 0 aliphatic carbocycles. The lowest BCUT2D eigenvalue weighted by molar-refractivity contribution is -0.909. The molecule has 1 amide bonds. The van der Waals surface area contributed by atoms with Crippen LogP contribution in [0.2, 0.25) is 0 Å². The van der Waals surface area contributed by atoms with Gasteiger partial charge in [-0.15, -0.1) is 0 Å². The molecule has 0 spiro atoms. The summed E-state index contributed by atoms with van der Waals surface area (Å²) in [7, 11) is 0. The van der Waals surface area contributed by atoms with Crippen molar-refractivity contribution in [3.05, 3.63) is 71.4 Å². The number of quaternary nitrogens is 1. The third-order valence-corrected chi connectivity index (χ3v) is 5.53. The van der Waals surface area contributed by atoms with E-state index in [-0.39, 0.29) is 11.9 Å². The Morgan fingerprint density at radius 1 is 1.14 bits per heavy atom. The van der Waals surface area contributed by atoms with Crippen LogP contribution >= 0.6 is 0 Å². The van der Waals surface area contributed by atoms with Crippen LogP contribution in [-0.2, 0) is 16.0 Å². The van der Waals surface area contributed by atoms with Crippen molar-refractivity contribution >= 4 is 16.8 Å². The Labute approximate surface area is 165 Å². The van der Waals surface area contributed by atoms with Crippen LogP contribution < -0.4 is 10.2 Å². The number of rotatable bonds is 6. The lowest BCUT2D eigenvalue weighted by atomic mass is 10.0. The minimum Gasteiger partial charge on any atom is -0.370 e. The molecule has 5 nitrogen and oxygen atoms in total. The van der Waals surface area contributed by atoms with Crippen molar-refractivity contribution in [2.45, 2.75) is 19.4 Å². The quantitative estimate of drug-likeness (QED) is 0.613. The highest BCUT2D eigenvalue weighted by Crippen LogP contribution is 2.19. The highest BCUT2D eigenvalue weighted by atomic mass is 16.5. The Hall–Kier alpha value is -2.63. The van der Waals surface area contributed by atoms with Gasteiger partial charge in [0, 0.05) is 17.1 Å². The number of ether oxygens (including phenoxy) is 1. The first-order valence-electron chi connectivity index (χ1n) is 10.0. The smallest absolute Gasteiger partial charge is 0.225 e. The number of benzene rings is 2. The number of carbonyl (C=O) groups excluding carboxylic acids is 1. The lowest BCUT2D eigenvalue weighted by Crippen LogP contribution is -3.14. The topological polar surface area (TPSA) is 58.6 Å². The van der Waals surface area contributed by atoms with E-state index in [0.717, 1.165) is 54.9 Å². The number of fused-ring (bicyclic) bond motifs is 1. The number of morpholine rings is 1. The number of para-hydroxylation sites is 1. The van der Waals surface area contributed by atoms with E-state index in [0.29, 0.717) is 6.42 Å². The number of aryl methyl sites for hydroxylation is 1. The zero-order valence-electron chi connectivity index (χ0n) is 16.3. The van der Waals surface area contributed by atoms with Crippen LogP contribution in [0.15, 0.2) is 54.7 Å². The van der Waals surface area contributed by atoms with Crippen LogP contribution in [0.1, 0.15) is 22.7 Å². The molecule has 5 heteroatoms. The first kappa shape index (κ1) is 18.7. The molecule has 1 aromatic heterocycles. The van der Waals surface area contributed by atoms with Gasteiger partial charge in [0.1, 0.15) is 25.7 Å². The third-order valence-electron chi connectivity index (χ3n) is 5.53. The van der Waals surface area contributed by atoms with Crippen molar-refractivity contribution in [1.29, 1.82) is 0 Å². The number of carbonyl (C=O) groups is 1. The molecule has 28 heavy (non-hydrogen) atoms. The number of amides is 1. The van der Waals surface area contributed by atoms with Crippen LogP contribution in [0.4, 0.5) is 0 Å². The molecule has 3 N–H and O–H groups in total. The second-order valence-corrected chi connectivity index (χ2v) is 7.63. The Balaban J connectivity index is 1.49. The molecule has 0 unspecified atom stereocenters. The highest BCUT2D eigenvalue weighted by molar-refractivity contribution is 5.89. The van der Waals surface area contributed by atoms with E-state index >= 15 is 0 Å². The summed E-state index contributed by atoms with van der Waals surface area (Å²) in [6.45, 7) is 6.52. The predicted molar refractivity (Wildman–Crippen MR) is 110 cm³/mol. The van der Waals surface area contributed by atoms with E-state index in [1.165, 1.54) is 10.5 Å². The van der Waals surface area contributed by atoms with Gasteiger partial charge in [0.25, 0.3) is 0 Å². The number of H-pyrrole nitrogens is 1. The summed E-state index contributed by atoms with van der Waals surface area (Å²) in [6, 6.07) is 16.6. The molecule has 1 aliphatic rings. The molecule has 2 heterocycles. The summed E-state index contributed by atoms with van der Waals surface area (Å²) >= 11 is 0. The fraction of sp³-hybridized carbons (Fsp3) is 0.348. The van der Waals surface area contributed by atoms with Crippen LogP contribution in [0.25, 0.3) is 10.9 Å². The number of hydrogen-bond donors (Lipinski definition) is 3. The van der Waals surface area contributed by atoms with E-state index < -0.39 is 0 Å². The third kappa shape index (κ3) is 4.43. The second-order valence-electron chi connectivity index (χ2n) is 7.63. The molecule has 1 aliphatic heterocycles. The number of nitrogens with one attached hydrogen (secondary N) is 3. The Kier molecular flexibility index (Phi) is 5.74. The van der Waals surface area contributed by atoms with Gasteiger partial charge in [-0.05, 0) is 24.1 Å². The van der Waals surface area contributed by atoms with E-state index in [1.807, 2.05) is 24.4 Å². The predicted octanol–water partition coefficient (Wildman–Crippen LogP) is 1.79. The van der Waals surface area contributed by atoms with Gasteiger partial charge in [-0.2, -0.15) is 0 Å². The Bertz CT molecular complexity index is 926. The molecular weight excluding hydrogens is 350 g/mol. The van der Waals surface area contributed by atoms with Gasteiger partial charge in [0.2, 0.25) is 5.91 Å². The normalized spacial score (nSPS) is 16.2. The lowest BCUT2D eigenvalue weighted by Gasteiger charge is -2.28. The second kappa shape index (κ2) is 8.59. The summed E-state index contributed by atoms with van der Waals surface area (Å²) in [6.07, 6.45) is 2.32. The van der Waals surface area contributed by atoms with Gasteiger partial charge >= 0.3 is 0 Å². The van der Waals surface area contributed by atoms with E-state index in [9.17, 15) is 4.79 Å². The minimum absolute atomic E-state index is 0.00593. The molecule has 0 saturated carbocycles. The van der Waals surface area contributed by atoms with E-state index in [4.69, 9.17) is 4.74 Å². The van der Waals surface area contributed by atoms with Gasteiger partial charge in [-0.25, -0.2) is 0 Å². The van der Waals surface area contributed by atoms with Crippen LogP contribution in [0.3, 0.4) is 0 Å².